The second kappa shape index (κ2) is 4.96. The van der Waals surface area contributed by atoms with Crippen LogP contribution in [-0.4, -0.2) is 28.6 Å². The van der Waals surface area contributed by atoms with Crippen molar-refractivity contribution in [3.05, 3.63) is 16.9 Å². The number of methoxy groups -OCH3 is 1. The summed E-state index contributed by atoms with van der Waals surface area (Å²) in [5.74, 6) is 0.322. The van der Waals surface area contributed by atoms with Crippen LogP contribution in [0.4, 0.5) is 0 Å². The Balaban J connectivity index is 2.31. The monoisotopic (exact) mass is 258 g/mol. The maximum atomic E-state index is 10.8. The highest BCUT2D eigenvalue weighted by Crippen LogP contribution is 2.49. The van der Waals surface area contributed by atoms with E-state index in [-0.39, 0.29) is 0 Å². The second-order valence-corrected chi connectivity index (χ2v) is 5.02. The summed E-state index contributed by atoms with van der Waals surface area (Å²) < 4.78 is 6.82. The molecule has 5 heteroatoms. The minimum atomic E-state index is -0.832. The number of rotatable bonds is 6. The summed E-state index contributed by atoms with van der Waals surface area (Å²) in [5.41, 5.74) is -0.0809. The van der Waals surface area contributed by atoms with Crippen LogP contribution in [0.1, 0.15) is 31.9 Å². The number of halogens is 1. The van der Waals surface area contributed by atoms with Crippen molar-refractivity contribution in [3.8, 4) is 0 Å². The molecular formula is C12H19ClN2O2. The molecule has 0 aromatic carbocycles. The maximum absolute atomic E-state index is 10.8. The molecule has 0 saturated heterocycles. The van der Waals surface area contributed by atoms with Crippen LogP contribution in [0, 0.1) is 5.92 Å². The van der Waals surface area contributed by atoms with Crippen molar-refractivity contribution >= 4 is 11.6 Å². The van der Waals surface area contributed by atoms with Gasteiger partial charge >= 0.3 is 0 Å². The Morgan fingerprint density at radius 2 is 2.35 bits per heavy atom. The quantitative estimate of drug-likeness (QED) is 0.851. The number of aromatic nitrogens is 2. The molecule has 2 rings (SSSR count). The van der Waals surface area contributed by atoms with Crippen LogP contribution in [0.15, 0.2) is 6.20 Å². The number of ether oxygens (including phenoxy) is 1. The van der Waals surface area contributed by atoms with Crippen LogP contribution in [0.5, 0.6) is 0 Å². The summed E-state index contributed by atoms with van der Waals surface area (Å²) in [7, 11) is 1.65. The van der Waals surface area contributed by atoms with Gasteiger partial charge in [0.25, 0.3) is 0 Å². The first kappa shape index (κ1) is 12.9. The Kier molecular flexibility index (Phi) is 3.76. The van der Waals surface area contributed by atoms with E-state index in [0.717, 1.165) is 18.5 Å². The lowest BCUT2D eigenvalue weighted by atomic mass is 9.90. The van der Waals surface area contributed by atoms with E-state index in [1.807, 2.05) is 6.92 Å². The SMILES string of the molecule is CCC(O)(c1c(Cl)cnn1CCOC)C1CC1. The first-order valence-electron chi connectivity index (χ1n) is 6.06. The predicted octanol–water partition coefficient (Wildman–Crippen LogP) is 2.19. The van der Waals surface area contributed by atoms with E-state index in [0.29, 0.717) is 30.5 Å². The third-order valence-electron chi connectivity index (χ3n) is 3.50. The highest BCUT2D eigenvalue weighted by molar-refractivity contribution is 6.31. The van der Waals surface area contributed by atoms with Gasteiger partial charge in [-0.25, -0.2) is 0 Å². The molecule has 1 heterocycles. The number of aliphatic hydroxyl groups is 1. The van der Waals surface area contributed by atoms with E-state index in [4.69, 9.17) is 16.3 Å². The lowest BCUT2D eigenvalue weighted by molar-refractivity contribution is -0.000722. The Morgan fingerprint density at radius 3 is 2.88 bits per heavy atom. The summed E-state index contributed by atoms with van der Waals surface area (Å²) in [5, 5.41) is 15.6. The van der Waals surface area contributed by atoms with Crippen LogP contribution in [0.25, 0.3) is 0 Å². The zero-order valence-corrected chi connectivity index (χ0v) is 11.1. The largest absolute Gasteiger partial charge is 0.383 e. The molecule has 0 amide bonds. The summed E-state index contributed by atoms with van der Waals surface area (Å²) in [6, 6.07) is 0. The molecule has 1 saturated carbocycles. The van der Waals surface area contributed by atoms with Gasteiger partial charge in [0.05, 0.1) is 30.1 Å². The van der Waals surface area contributed by atoms with Crippen LogP contribution >= 0.6 is 11.6 Å². The highest BCUT2D eigenvalue weighted by Gasteiger charge is 2.46. The summed E-state index contributed by atoms with van der Waals surface area (Å²) >= 11 is 6.17. The molecule has 0 bridgehead atoms. The Morgan fingerprint density at radius 1 is 1.65 bits per heavy atom. The normalized spacial score (nSPS) is 19.3. The van der Waals surface area contributed by atoms with Gasteiger partial charge in [-0.15, -0.1) is 0 Å². The molecule has 1 aromatic rings. The molecule has 1 N–H and O–H groups in total. The van der Waals surface area contributed by atoms with Gasteiger partial charge in [0.1, 0.15) is 5.60 Å². The molecule has 1 fully saturated rings. The Bertz CT molecular complexity index is 390. The minimum Gasteiger partial charge on any atom is -0.383 e. The predicted molar refractivity (Wildman–Crippen MR) is 66.0 cm³/mol. The van der Waals surface area contributed by atoms with E-state index in [1.165, 1.54) is 0 Å². The fourth-order valence-electron chi connectivity index (χ4n) is 2.35. The smallest absolute Gasteiger partial charge is 0.110 e. The zero-order chi connectivity index (χ0) is 12.5. The van der Waals surface area contributed by atoms with Gasteiger partial charge in [0, 0.05) is 7.11 Å². The fourth-order valence-corrected chi connectivity index (χ4v) is 2.66. The van der Waals surface area contributed by atoms with Gasteiger partial charge in [-0.1, -0.05) is 18.5 Å². The number of hydrogen-bond donors (Lipinski definition) is 1. The third kappa shape index (κ3) is 2.34. The average Bonchev–Trinajstić information content (AvgIpc) is 3.11. The van der Waals surface area contributed by atoms with Crippen LogP contribution < -0.4 is 0 Å². The van der Waals surface area contributed by atoms with Crippen LogP contribution in [0.3, 0.4) is 0 Å². The molecule has 1 atom stereocenters. The van der Waals surface area contributed by atoms with E-state index in [2.05, 4.69) is 5.10 Å². The molecule has 96 valence electrons. The summed E-state index contributed by atoms with van der Waals surface area (Å²) in [6.07, 6.45) is 4.40. The van der Waals surface area contributed by atoms with E-state index < -0.39 is 5.60 Å². The van der Waals surface area contributed by atoms with Crippen molar-refractivity contribution in [2.75, 3.05) is 13.7 Å². The Hall–Kier alpha value is -0.580. The van der Waals surface area contributed by atoms with Gasteiger partial charge in [0.15, 0.2) is 0 Å². The summed E-state index contributed by atoms with van der Waals surface area (Å²) in [6.45, 7) is 3.17. The van der Waals surface area contributed by atoms with Crippen molar-refractivity contribution in [3.63, 3.8) is 0 Å². The molecule has 0 aliphatic heterocycles. The molecule has 0 spiro atoms. The molecule has 0 radical (unpaired) electrons. The highest BCUT2D eigenvalue weighted by atomic mass is 35.5. The Labute approximate surface area is 107 Å². The first-order chi connectivity index (χ1) is 8.13. The molecule has 4 nitrogen and oxygen atoms in total. The van der Waals surface area contributed by atoms with Crippen molar-refractivity contribution in [2.24, 2.45) is 5.92 Å². The fraction of sp³-hybridized carbons (Fsp3) is 0.750. The van der Waals surface area contributed by atoms with Crippen LogP contribution in [0.2, 0.25) is 5.02 Å². The number of nitrogens with zero attached hydrogens (tertiary/aromatic N) is 2. The molecule has 1 aliphatic carbocycles. The van der Waals surface area contributed by atoms with Crippen molar-refractivity contribution in [2.45, 2.75) is 38.3 Å². The van der Waals surface area contributed by atoms with Gasteiger partial charge in [0.2, 0.25) is 0 Å². The van der Waals surface area contributed by atoms with E-state index >= 15 is 0 Å². The van der Waals surface area contributed by atoms with Gasteiger partial charge in [-0.05, 0) is 25.2 Å². The van der Waals surface area contributed by atoms with Crippen molar-refractivity contribution in [1.82, 2.24) is 9.78 Å². The standard InChI is InChI=1S/C12H19ClN2O2/c1-3-12(16,9-4-5-9)11-10(13)8-14-15(11)6-7-17-2/h8-9,16H,3-7H2,1-2H3. The molecular weight excluding hydrogens is 240 g/mol. The molecule has 1 unspecified atom stereocenters. The van der Waals surface area contributed by atoms with Gasteiger partial charge in [-0.3, -0.25) is 4.68 Å². The number of hydrogen-bond acceptors (Lipinski definition) is 3. The maximum Gasteiger partial charge on any atom is 0.110 e. The first-order valence-corrected chi connectivity index (χ1v) is 6.44. The molecule has 1 aromatic heterocycles. The molecule has 1 aliphatic rings. The topological polar surface area (TPSA) is 47.3 Å². The van der Waals surface area contributed by atoms with Crippen molar-refractivity contribution < 1.29 is 9.84 Å². The second-order valence-electron chi connectivity index (χ2n) is 4.61. The van der Waals surface area contributed by atoms with Gasteiger partial charge < -0.3 is 9.84 Å². The van der Waals surface area contributed by atoms with Crippen molar-refractivity contribution in [1.29, 1.82) is 0 Å². The minimum absolute atomic E-state index is 0.322. The van der Waals surface area contributed by atoms with Gasteiger partial charge in [-0.2, -0.15) is 5.10 Å². The summed E-state index contributed by atoms with van der Waals surface area (Å²) in [4.78, 5) is 0. The van der Waals surface area contributed by atoms with E-state index in [9.17, 15) is 5.11 Å². The molecule has 17 heavy (non-hydrogen) atoms. The lowest BCUT2D eigenvalue weighted by Crippen LogP contribution is -2.31. The zero-order valence-electron chi connectivity index (χ0n) is 10.3. The average molecular weight is 259 g/mol. The van der Waals surface area contributed by atoms with Crippen LogP contribution in [-0.2, 0) is 16.9 Å². The van der Waals surface area contributed by atoms with E-state index in [1.54, 1.807) is 18.0 Å². The third-order valence-corrected chi connectivity index (χ3v) is 3.78. The lowest BCUT2D eigenvalue weighted by Gasteiger charge is -2.28.